The molecule has 1 aromatic heterocycles. The molecule has 1 aliphatic heterocycles. The van der Waals surface area contributed by atoms with Crippen molar-refractivity contribution in [3.8, 4) is 5.75 Å². The van der Waals surface area contributed by atoms with E-state index in [4.69, 9.17) is 13.8 Å². The number of H-pyrrole nitrogens is 1. The number of hydrogen-bond acceptors (Lipinski definition) is 7. The molecular weight excluding hydrogens is 440 g/mol. The van der Waals surface area contributed by atoms with Crippen LogP contribution in [0.3, 0.4) is 0 Å². The van der Waals surface area contributed by atoms with Gasteiger partial charge in [-0.15, -0.1) is 0 Å². The van der Waals surface area contributed by atoms with Crippen LogP contribution in [0.4, 0.5) is 4.39 Å². The van der Waals surface area contributed by atoms with E-state index in [1.165, 1.54) is 6.20 Å². The standard InChI is InChI=1S/C21H21FN3O6P/c22-18-12-17(30-20(18)25-9-7-19(27)24-21(25)28)13-29-32(23-8-10-26)31-16-6-5-14-3-1-2-4-15(14)11-16/h1-7,9-11,17-18,20,23H,8,12-13H2,(H,24,27,28). The molecule has 2 aromatic carbocycles. The highest BCUT2D eigenvalue weighted by Gasteiger charge is 2.38. The Labute approximate surface area is 183 Å². The zero-order valence-corrected chi connectivity index (χ0v) is 17.7. The van der Waals surface area contributed by atoms with Crippen LogP contribution in [-0.2, 0) is 14.1 Å². The van der Waals surface area contributed by atoms with E-state index in [0.717, 1.165) is 21.4 Å². The van der Waals surface area contributed by atoms with Crippen LogP contribution in [0.5, 0.6) is 5.75 Å². The molecule has 168 valence electrons. The first-order chi connectivity index (χ1) is 15.5. The normalized spacial score (nSPS) is 21.5. The van der Waals surface area contributed by atoms with Gasteiger partial charge in [0.2, 0.25) is 0 Å². The minimum Gasteiger partial charge on any atom is -0.436 e. The van der Waals surface area contributed by atoms with Crippen molar-refractivity contribution in [2.45, 2.75) is 24.9 Å². The number of nitrogens with one attached hydrogen (secondary N) is 2. The number of fused-ring (bicyclic) bond motifs is 1. The second-order valence-electron chi connectivity index (χ2n) is 7.10. The van der Waals surface area contributed by atoms with E-state index in [2.05, 4.69) is 10.1 Å². The number of hydrogen-bond donors (Lipinski definition) is 2. The van der Waals surface area contributed by atoms with Gasteiger partial charge in [-0.3, -0.25) is 14.3 Å². The molecule has 9 nitrogen and oxygen atoms in total. The third-order valence-corrected chi connectivity index (χ3v) is 6.05. The first kappa shape index (κ1) is 22.3. The lowest BCUT2D eigenvalue weighted by Crippen LogP contribution is -2.34. The average molecular weight is 461 g/mol. The van der Waals surface area contributed by atoms with E-state index in [-0.39, 0.29) is 19.6 Å². The minimum atomic E-state index is -1.71. The van der Waals surface area contributed by atoms with Gasteiger partial charge in [0.05, 0.1) is 19.3 Å². The molecule has 1 aliphatic rings. The van der Waals surface area contributed by atoms with E-state index < -0.39 is 38.3 Å². The van der Waals surface area contributed by atoms with E-state index >= 15 is 0 Å². The van der Waals surface area contributed by atoms with Crippen molar-refractivity contribution >= 4 is 25.6 Å². The summed E-state index contributed by atoms with van der Waals surface area (Å²) in [6.07, 6.45) is -1.38. The molecule has 0 spiro atoms. The third kappa shape index (κ3) is 5.28. The summed E-state index contributed by atoms with van der Waals surface area (Å²) in [4.78, 5) is 36.0. The fourth-order valence-corrected chi connectivity index (χ4v) is 4.41. The molecule has 4 rings (SSSR count). The van der Waals surface area contributed by atoms with Gasteiger partial charge < -0.3 is 18.6 Å². The molecular formula is C21H21FN3O6P. The molecule has 0 amide bonds. The Balaban J connectivity index is 1.40. The number of carbonyl (C=O) groups excluding carboxylic acids is 1. The van der Waals surface area contributed by atoms with Crippen LogP contribution in [0.15, 0.2) is 64.3 Å². The zero-order chi connectivity index (χ0) is 22.5. The Bertz CT molecular complexity index is 1200. The van der Waals surface area contributed by atoms with Gasteiger partial charge >= 0.3 is 14.2 Å². The van der Waals surface area contributed by atoms with Crippen molar-refractivity contribution in [1.82, 2.24) is 14.6 Å². The van der Waals surface area contributed by atoms with Crippen molar-refractivity contribution in [2.75, 3.05) is 13.2 Å². The molecule has 4 atom stereocenters. The Kier molecular flexibility index (Phi) is 7.06. The number of alkyl halides is 1. The maximum Gasteiger partial charge on any atom is 0.330 e. The van der Waals surface area contributed by atoms with Crippen LogP contribution < -0.4 is 20.9 Å². The summed E-state index contributed by atoms with van der Waals surface area (Å²) < 4.78 is 32.8. The summed E-state index contributed by atoms with van der Waals surface area (Å²) in [7, 11) is -1.71. The van der Waals surface area contributed by atoms with Gasteiger partial charge in [0, 0.05) is 18.7 Å². The van der Waals surface area contributed by atoms with Crippen molar-refractivity contribution in [2.24, 2.45) is 0 Å². The van der Waals surface area contributed by atoms with Gasteiger partial charge in [-0.25, -0.2) is 14.3 Å². The highest BCUT2D eigenvalue weighted by atomic mass is 31.2. The number of benzene rings is 2. The van der Waals surface area contributed by atoms with Crippen LogP contribution >= 0.6 is 8.53 Å². The number of ether oxygens (including phenoxy) is 1. The lowest BCUT2D eigenvalue weighted by atomic mass is 10.1. The molecule has 2 heterocycles. The summed E-state index contributed by atoms with van der Waals surface area (Å²) >= 11 is 0. The lowest BCUT2D eigenvalue weighted by molar-refractivity contribution is -0.106. The fraction of sp³-hybridized carbons (Fsp3) is 0.286. The Hall–Kier alpha value is -2.91. The largest absolute Gasteiger partial charge is 0.436 e. The van der Waals surface area contributed by atoms with Crippen molar-refractivity contribution in [1.29, 1.82) is 0 Å². The predicted octanol–water partition coefficient (Wildman–Crippen LogP) is 2.43. The van der Waals surface area contributed by atoms with Crippen LogP contribution in [-0.4, -0.2) is 41.3 Å². The van der Waals surface area contributed by atoms with Gasteiger partial charge in [0.25, 0.3) is 5.56 Å². The SMILES string of the molecule is O=CCNP(OCC1CC(F)C(n2ccc(=O)[nH]c2=O)O1)Oc1ccc2ccccc2c1. The predicted molar refractivity (Wildman–Crippen MR) is 116 cm³/mol. The smallest absolute Gasteiger partial charge is 0.330 e. The maximum atomic E-state index is 14.5. The molecule has 2 N–H and O–H groups in total. The number of rotatable bonds is 9. The Morgan fingerprint density at radius 3 is 2.81 bits per heavy atom. The van der Waals surface area contributed by atoms with Crippen LogP contribution in [0.25, 0.3) is 10.8 Å². The van der Waals surface area contributed by atoms with Gasteiger partial charge in [0.1, 0.15) is 18.2 Å². The highest BCUT2D eigenvalue weighted by Crippen LogP contribution is 2.38. The van der Waals surface area contributed by atoms with Crippen molar-refractivity contribution < 1.29 is 23.0 Å². The first-order valence-corrected chi connectivity index (χ1v) is 11.1. The van der Waals surface area contributed by atoms with E-state index in [0.29, 0.717) is 12.0 Å². The Morgan fingerprint density at radius 2 is 2.03 bits per heavy atom. The van der Waals surface area contributed by atoms with Gasteiger partial charge in [-0.05, 0) is 22.9 Å². The van der Waals surface area contributed by atoms with Crippen LogP contribution in [0.2, 0.25) is 0 Å². The monoisotopic (exact) mass is 461 g/mol. The number of aromatic amines is 1. The zero-order valence-electron chi connectivity index (χ0n) is 16.8. The lowest BCUT2D eigenvalue weighted by Gasteiger charge is -2.20. The van der Waals surface area contributed by atoms with E-state index in [9.17, 15) is 18.8 Å². The third-order valence-electron chi connectivity index (χ3n) is 4.85. The molecule has 11 heteroatoms. The summed E-state index contributed by atoms with van der Waals surface area (Å²) in [5.74, 6) is 0.557. The van der Waals surface area contributed by atoms with Crippen molar-refractivity contribution in [3.63, 3.8) is 0 Å². The van der Waals surface area contributed by atoms with Gasteiger partial charge in [0.15, 0.2) is 6.23 Å². The second kappa shape index (κ2) is 10.1. The van der Waals surface area contributed by atoms with Crippen molar-refractivity contribution in [3.05, 3.63) is 75.6 Å². The molecule has 0 saturated carbocycles. The number of aldehydes is 1. The van der Waals surface area contributed by atoms with Gasteiger partial charge in [-0.1, -0.05) is 30.3 Å². The molecule has 0 aliphatic carbocycles. The quantitative estimate of drug-likeness (QED) is 0.372. The molecule has 1 saturated heterocycles. The molecule has 4 unspecified atom stereocenters. The number of aromatic nitrogens is 2. The molecule has 1 fully saturated rings. The summed E-state index contributed by atoms with van der Waals surface area (Å²) in [5.41, 5.74) is -1.32. The van der Waals surface area contributed by atoms with Gasteiger partial charge in [-0.2, -0.15) is 0 Å². The van der Waals surface area contributed by atoms with E-state index in [1.54, 1.807) is 6.07 Å². The maximum absolute atomic E-state index is 14.5. The number of carbonyl (C=O) groups is 1. The molecule has 32 heavy (non-hydrogen) atoms. The average Bonchev–Trinajstić information content (AvgIpc) is 3.15. The molecule has 3 aromatic rings. The van der Waals surface area contributed by atoms with Crippen LogP contribution in [0.1, 0.15) is 12.6 Å². The topological polar surface area (TPSA) is 112 Å². The first-order valence-electron chi connectivity index (χ1n) is 9.91. The number of halogens is 1. The molecule has 0 radical (unpaired) electrons. The minimum absolute atomic E-state index is 0.00304. The Morgan fingerprint density at radius 1 is 1.22 bits per heavy atom. The summed E-state index contributed by atoms with van der Waals surface area (Å²) in [5, 5.41) is 4.92. The number of nitrogens with zero attached hydrogens (tertiary/aromatic N) is 1. The summed E-state index contributed by atoms with van der Waals surface area (Å²) in [6, 6.07) is 14.5. The summed E-state index contributed by atoms with van der Waals surface area (Å²) in [6.45, 7) is 0.00606. The second-order valence-corrected chi connectivity index (χ2v) is 8.37. The fourth-order valence-electron chi connectivity index (χ4n) is 3.37. The van der Waals surface area contributed by atoms with E-state index in [1.807, 2.05) is 36.4 Å². The van der Waals surface area contributed by atoms with Crippen LogP contribution in [0, 0.1) is 0 Å². The molecule has 0 bridgehead atoms. The highest BCUT2D eigenvalue weighted by molar-refractivity contribution is 7.45.